The second-order valence-corrected chi connectivity index (χ2v) is 4.55. The summed E-state index contributed by atoms with van der Waals surface area (Å²) in [6, 6.07) is 0. The van der Waals surface area contributed by atoms with E-state index >= 15 is 0 Å². The second kappa shape index (κ2) is 2.96. The van der Waals surface area contributed by atoms with E-state index in [0.717, 1.165) is 12.2 Å². The monoisotopic (exact) mass is 154 g/mol. The van der Waals surface area contributed by atoms with Crippen LogP contribution in [0.15, 0.2) is 0 Å². The SMILES string of the molecule is CC1CCC(C(C)(C)C=O)C1. The van der Waals surface area contributed by atoms with Crippen LogP contribution in [-0.2, 0) is 4.79 Å². The molecule has 1 aliphatic rings. The lowest BCUT2D eigenvalue weighted by Gasteiger charge is -2.24. The molecule has 0 saturated heterocycles. The summed E-state index contributed by atoms with van der Waals surface area (Å²) < 4.78 is 0. The minimum absolute atomic E-state index is 0.0786. The van der Waals surface area contributed by atoms with Crippen molar-refractivity contribution in [1.82, 2.24) is 0 Å². The molecule has 0 aromatic heterocycles. The Hall–Kier alpha value is -0.330. The lowest BCUT2D eigenvalue weighted by Crippen LogP contribution is -2.23. The van der Waals surface area contributed by atoms with Crippen molar-refractivity contribution in [2.75, 3.05) is 0 Å². The van der Waals surface area contributed by atoms with E-state index in [1.54, 1.807) is 0 Å². The standard InChI is InChI=1S/C10H18O/c1-8-4-5-9(6-8)10(2,3)7-11/h7-9H,4-6H2,1-3H3. The number of hydrogen-bond acceptors (Lipinski definition) is 1. The van der Waals surface area contributed by atoms with Gasteiger partial charge in [0.05, 0.1) is 0 Å². The summed E-state index contributed by atoms with van der Waals surface area (Å²) in [5.74, 6) is 1.47. The Kier molecular flexibility index (Phi) is 2.36. The topological polar surface area (TPSA) is 17.1 Å². The van der Waals surface area contributed by atoms with E-state index in [9.17, 15) is 4.79 Å². The second-order valence-electron chi connectivity index (χ2n) is 4.55. The Bertz CT molecular complexity index is 149. The molecular formula is C10H18O. The molecule has 0 aromatic rings. The molecule has 0 aliphatic heterocycles. The molecule has 0 radical (unpaired) electrons. The maximum atomic E-state index is 10.7. The van der Waals surface area contributed by atoms with Gasteiger partial charge in [-0.1, -0.05) is 27.2 Å². The zero-order valence-corrected chi connectivity index (χ0v) is 7.76. The van der Waals surface area contributed by atoms with Crippen LogP contribution in [0.1, 0.15) is 40.0 Å². The summed E-state index contributed by atoms with van der Waals surface area (Å²) in [5, 5.41) is 0. The van der Waals surface area contributed by atoms with Gasteiger partial charge in [-0.25, -0.2) is 0 Å². The van der Waals surface area contributed by atoms with Crippen molar-refractivity contribution < 1.29 is 4.79 Å². The lowest BCUT2D eigenvalue weighted by molar-refractivity contribution is -0.117. The van der Waals surface area contributed by atoms with E-state index in [4.69, 9.17) is 0 Å². The average Bonchev–Trinajstić information content (AvgIpc) is 2.36. The van der Waals surface area contributed by atoms with E-state index in [2.05, 4.69) is 20.8 Å². The quantitative estimate of drug-likeness (QED) is 0.559. The van der Waals surface area contributed by atoms with Crippen LogP contribution < -0.4 is 0 Å². The van der Waals surface area contributed by atoms with Crippen LogP contribution in [0.5, 0.6) is 0 Å². The number of rotatable bonds is 2. The molecule has 1 saturated carbocycles. The van der Waals surface area contributed by atoms with Crippen LogP contribution in [0.4, 0.5) is 0 Å². The van der Waals surface area contributed by atoms with Gasteiger partial charge in [-0.2, -0.15) is 0 Å². The molecule has 0 heterocycles. The van der Waals surface area contributed by atoms with Gasteiger partial charge in [-0.15, -0.1) is 0 Å². The van der Waals surface area contributed by atoms with Crippen molar-refractivity contribution in [3.8, 4) is 0 Å². The molecule has 0 amide bonds. The van der Waals surface area contributed by atoms with Crippen LogP contribution in [0.3, 0.4) is 0 Å². The van der Waals surface area contributed by atoms with Gasteiger partial charge in [-0.3, -0.25) is 0 Å². The van der Waals surface area contributed by atoms with E-state index < -0.39 is 0 Å². The molecule has 0 N–H and O–H groups in total. The zero-order chi connectivity index (χ0) is 8.48. The Balaban J connectivity index is 2.55. The molecule has 1 aliphatic carbocycles. The van der Waals surface area contributed by atoms with E-state index in [1.807, 2.05) is 0 Å². The average molecular weight is 154 g/mol. The third kappa shape index (κ3) is 1.82. The summed E-state index contributed by atoms with van der Waals surface area (Å²) in [6.07, 6.45) is 4.91. The summed E-state index contributed by atoms with van der Waals surface area (Å²) >= 11 is 0. The summed E-state index contributed by atoms with van der Waals surface area (Å²) in [6.45, 7) is 6.40. The van der Waals surface area contributed by atoms with Crippen LogP contribution in [-0.4, -0.2) is 6.29 Å². The third-order valence-corrected chi connectivity index (χ3v) is 3.05. The molecule has 1 rings (SSSR count). The van der Waals surface area contributed by atoms with Gasteiger partial charge in [0.1, 0.15) is 6.29 Å². The Morgan fingerprint density at radius 2 is 2.00 bits per heavy atom. The van der Waals surface area contributed by atoms with Crippen LogP contribution in [0.2, 0.25) is 0 Å². The highest BCUT2D eigenvalue weighted by Crippen LogP contribution is 2.40. The zero-order valence-electron chi connectivity index (χ0n) is 7.76. The predicted molar refractivity (Wildman–Crippen MR) is 46.4 cm³/mol. The first-order chi connectivity index (χ1) is 5.06. The van der Waals surface area contributed by atoms with Crippen molar-refractivity contribution in [2.24, 2.45) is 17.3 Å². The van der Waals surface area contributed by atoms with Crippen molar-refractivity contribution in [3.05, 3.63) is 0 Å². The predicted octanol–water partition coefficient (Wildman–Crippen LogP) is 2.65. The number of hydrogen-bond donors (Lipinski definition) is 0. The molecule has 0 aromatic carbocycles. The number of aldehydes is 1. The first kappa shape index (κ1) is 8.76. The highest BCUT2D eigenvalue weighted by molar-refractivity contribution is 5.58. The van der Waals surface area contributed by atoms with Gasteiger partial charge in [0.25, 0.3) is 0 Å². The minimum atomic E-state index is -0.0786. The molecule has 2 atom stereocenters. The van der Waals surface area contributed by atoms with Gasteiger partial charge >= 0.3 is 0 Å². The number of carbonyl (C=O) groups excluding carboxylic acids is 1. The lowest BCUT2D eigenvalue weighted by atomic mass is 9.79. The van der Waals surface area contributed by atoms with Crippen LogP contribution in [0, 0.1) is 17.3 Å². The normalized spacial score (nSPS) is 32.3. The molecule has 0 bridgehead atoms. The molecule has 0 spiro atoms. The summed E-state index contributed by atoms with van der Waals surface area (Å²) in [5.41, 5.74) is -0.0786. The van der Waals surface area contributed by atoms with E-state index in [0.29, 0.717) is 5.92 Å². The number of carbonyl (C=O) groups is 1. The van der Waals surface area contributed by atoms with Gasteiger partial charge < -0.3 is 4.79 Å². The van der Waals surface area contributed by atoms with Crippen LogP contribution >= 0.6 is 0 Å². The first-order valence-corrected chi connectivity index (χ1v) is 4.52. The van der Waals surface area contributed by atoms with E-state index in [-0.39, 0.29) is 5.41 Å². The van der Waals surface area contributed by atoms with Gasteiger partial charge in [0, 0.05) is 5.41 Å². The molecule has 1 nitrogen and oxygen atoms in total. The molecule has 11 heavy (non-hydrogen) atoms. The fraction of sp³-hybridized carbons (Fsp3) is 0.900. The fourth-order valence-corrected chi connectivity index (χ4v) is 1.98. The Morgan fingerprint density at radius 3 is 2.36 bits per heavy atom. The maximum Gasteiger partial charge on any atom is 0.125 e. The highest BCUT2D eigenvalue weighted by Gasteiger charge is 2.33. The molecule has 2 unspecified atom stereocenters. The highest BCUT2D eigenvalue weighted by atomic mass is 16.1. The van der Waals surface area contributed by atoms with Gasteiger partial charge in [0.2, 0.25) is 0 Å². The van der Waals surface area contributed by atoms with Crippen molar-refractivity contribution in [1.29, 1.82) is 0 Å². The Morgan fingerprint density at radius 1 is 1.36 bits per heavy atom. The molecular weight excluding hydrogens is 136 g/mol. The minimum Gasteiger partial charge on any atom is -0.303 e. The van der Waals surface area contributed by atoms with Crippen molar-refractivity contribution in [3.63, 3.8) is 0 Å². The maximum absolute atomic E-state index is 10.7. The molecule has 64 valence electrons. The largest absolute Gasteiger partial charge is 0.303 e. The van der Waals surface area contributed by atoms with Crippen LogP contribution in [0.25, 0.3) is 0 Å². The first-order valence-electron chi connectivity index (χ1n) is 4.52. The van der Waals surface area contributed by atoms with E-state index in [1.165, 1.54) is 19.3 Å². The van der Waals surface area contributed by atoms with Crippen molar-refractivity contribution >= 4 is 6.29 Å². The van der Waals surface area contributed by atoms with Gasteiger partial charge in [0.15, 0.2) is 0 Å². The Labute approximate surface area is 69.2 Å². The molecule has 1 fully saturated rings. The summed E-state index contributed by atoms with van der Waals surface area (Å²) in [7, 11) is 0. The third-order valence-electron chi connectivity index (χ3n) is 3.05. The summed E-state index contributed by atoms with van der Waals surface area (Å²) in [4.78, 5) is 10.7. The molecule has 1 heteroatoms. The van der Waals surface area contributed by atoms with Crippen molar-refractivity contribution in [2.45, 2.75) is 40.0 Å². The smallest absolute Gasteiger partial charge is 0.125 e. The fourth-order valence-electron chi connectivity index (χ4n) is 1.98. The van der Waals surface area contributed by atoms with Gasteiger partial charge in [-0.05, 0) is 24.7 Å².